The highest BCUT2D eigenvalue weighted by molar-refractivity contribution is 7.89. The van der Waals surface area contributed by atoms with Crippen LogP contribution in [0.15, 0.2) is 5.03 Å². The molecule has 1 aliphatic rings. The molecule has 0 bridgehead atoms. The van der Waals surface area contributed by atoms with Gasteiger partial charge in [0.2, 0.25) is 0 Å². The van der Waals surface area contributed by atoms with Gasteiger partial charge >= 0.3 is 0 Å². The molecule has 1 aromatic rings. The van der Waals surface area contributed by atoms with Crippen LogP contribution in [-0.4, -0.2) is 42.6 Å². The van der Waals surface area contributed by atoms with E-state index in [-0.39, 0.29) is 5.03 Å². The van der Waals surface area contributed by atoms with Crippen LogP contribution in [-0.2, 0) is 16.6 Å². The smallest absolute Gasteiger partial charge is 0.262 e. The van der Waals surface area contributed by atoms with E-state index in [1.807, 2.05) is 13.8 Å². The van der Waals surface area contributed by atoms with Crippen LogP contribution in [0.5, 0.6) is 0 Å². The summed E-state index contributed by atoms with van der Waals surface area (Å²) in [6.07, 6.45) is 1.97. The summed E-state index contributed by atoms with van der Waals surface area (Å²) in [5, 5.41) is 10.2. The summed E-state index contributed by atoms with van der Waals surface area (Å²) in [5.41, 5.74) is 1.57. The molecule has 2 N–H and O–H groups in total. The number of nitrogens with zero attached hydrogens (tertiary/aromatic N) is 2. The third-order valence-electron chi connectivity index (χ3n) is 4.00. The maximum absolute atomic E-state index is 12.7. The molecule has 6 nitrogen and oxygen atoms in total. The van der Waals surface area contributed by atoms with Gasteiger partial charge < -0.3 is 5.32 Å². The summed E-state index contributed by atoms with van der Waals surface area (Å²) < 4.78 is 27.0. The number of hydrogen-bond donors (Lipinski definition) is 2. The molecule has 0 amide bonds. The lowest BCUT2D eigenvalue weighted by Gasteiger charge is -2.16. The minimum absolute atomic E-state index is 0.188. The molecule has 0 radical (unpaired) electrons. The molecule has 0 saturated carbocycles. The van der Waals surface area contributed by atoms with Gasteiger partial charge in [0, 0.05) is 30.9 Å². The van der Waals surface area contributed by atoms with Crippen molar-refractivity contribution < 1.29 is 8.42 Å². The normalized spacial score (nSPS) is 20.6. The lowest BCUT2D eigenvalue weighted by molar-refractivity contribution is 0.449. The summed E-state index contributed by atoms with van der Waals surface area (Å²) in [6, 6.07) is 0. The van der Waals surface area contributed by atoms with Gasteiger partial charge in [-0.25, -0.2) is 8.42 Å². The Kier molecular flexibility index (Phi) is 4.82. The molecule has 0 aromatic carbocycles. The number of rotatable bonds is 6. The first-order chi connectivity index (χ1) is 9.50. The maximum Gasteiger partial charge on any atom is 0.262 e. The third-order valence-corrected chi connectivity index (χ3v) is 5.84. The van der Waals surface area contributed by atoms with Crippen molar-refractivity contribution >= 4 is 10.0 Å². The van der Waals surface area contributed by atoms with Crippen LogP contribution >= 0.6 is 0 Å². The van der Waals surface area contributed by atoms with Gasteiger partial charge in [0.1, 0.15) is 0 Å². The SMILES string of the molecule is CCNCc1c(S(=O)(=O)N2CCC(CC)C2)n[nH]c1C. The predicted octanol–water partition coefficient (Wildman–Crippen LogP) is 1.25. The zero-order valence-electron chi connectivity index (χ0n) is 12.4. The molecule has 114 valence electrons. The Morgan fingerprint density at radius 3 is 2.80 bits per heavy atom. The van der Waals surface area contributed by atoms with E-state index in [0.717, 1.165) is 30.6 Å². The monoisotopic (exact) mass is 300 g/mol. The van der Waals surface area contributed by atoms with Crippen molar-refractivity contribution in [2.24, 2.45) is 5.92 Å². The first-order valence-electron chi connectivity index (χ1n) is 7.25. The van der Waals surface area contributed by atoms with Crippen molar-refractivity contribution in [1.29, 1.82) is 0 Å². The van der Waals surface area contributed by atoms with E-state index in [2.05, 4.69) is 22.4 Å². The lowest BCUT2D eigenvalue weighted by atomic mass is 10.1. The summed E-state index contributed by atoms with van der Waals surface area (Å²) in [4.78, 5) is 0. The van der Waals surface area contributed by atoms with Gasteiger partial charge in [-0.05, 0) is 25.8 Å². The molecular formula is C13H24N4O2S. The first kappa shape index (κ1) is 15.5. The van der Waals surface area contributed by atoms with Crippen LogP contribution in [0.4, 0.5) is 0 Å². The largest absolute Gasteiger partial charge is 0.313 e. The molecule has 1 aromatic heterocycles. The van der Waals surface area contributed by atoms with Gasteiger partial charge in [-0.2, -0.15) is 9.40 Å². The molecule has 1 saturated heterocycles. The molecule has 1 unspecified atom stereocenters. The molecule has 2 rings (SSSR count). The summed E-state index contributed by atoms with van der Waals surface area (Å²) >= 11 is 0. The maximum atomic E-state index is 12.7. The van der Waals surface area contributed by atoms with Crippen molar-refractivity contribution in [2.45, 2.75) is 45.2 Å². The van der Waals surface area contributed by atoms with Gasteiger partial charge in [-0.15, -0.1) is 0 Å². The minimum atomic E-state index is -3.47. The van der Waals surface area contributed by atoms with Gasteiger partial charge in [0.05, 0.1) is 0 Å². The van der Waals surface area contributed by atoms with Crippen molar-refractivity contribution in [3.8, 4) is 0 Å². The van der Waals surface area contributed by atoms with E-state index in [1.54, 1.807) is 4.31 Å². The van der Waals surface area contributed by atoms with Crippen LogP contribution in [0.2, 0.25) is 0 Å². The van der Waals surface area contributed by atoms with Gasteiger partial charge in [0.15, 0.2) is 5.03 Å². The molecule has 20 heavy (non-hydrogen) atoms. The lowest BCUT2D eigenvalue weighted by Crippen LogP contribution is -2.30. The second-order valence-corrected chi connectivity index (χ2v) is 7.19. The van der Waals surface area contributed by atoms with Crippen LogP contribution in [0.3, 0.4) is 0 Å². The van der Waals surface area contributed by atoms with E-state index < -0.39 is 10.0 Å². The van der Waals surface area contributed by atoms with Crippen LogP contribution in [0, 0.1) is 12.8 Å². The number of H-pyrrole nitrogens is 1. The second-order valence-electron chi connectivity index (χ2n) is 5.34. The molecule has 1 fully saturated rings. The second kappa shape index (κ2) is 6.24. The number of aryl methyl sites for hydroxylation is 1. The zero-order valence-corrected chi connectivity index (χ0v) is 13.3. The van der Waals surface area contributed by atoms with Gasteiger partial charge in [-0.1, -0.05) is 20.3 Å². The predicted molar refractivity (Wildman–Crippen MR) is 77.9 cm³/mol. The number of aromatic nitrogens is 2. The van der Waals surface area contributed by atoms with E-state index in [0.29, 0.717) is 25.6 Å². The third kappa shape index (κ3) is 2.89. The standard InChI is InChI=1S/C13H24N4O2S/c1-4-11-6-7-17(9-11)20(18,19)13-12(8-14-5-2)10(3)15-16-13/h11,14H,4-9H2,1-3H3,(H,15,16). The molecule has 1 atom stereocenters. The molecule has 2 heterocycles. The topological polar surface area (TPSA) is 78.1 Å². The highest BCUT2D eigenvalue weighted by Gasteiger charge is 2.35. The van der Waals surface area contributed by atoms with Crippen LogP contribution < -0.4 is 5.32 Å². The number of sulfonamides is 1. The fraction of sp³-hybridized carbons (Fsp3) is 0.769. The molecule has 7 heteroatoms. The number of aromatic amines is 1. The van der Waals surface area contributed by atoms with Gasteiger partial charge in [0.25, 0.3) is 10.0 Å². The number of nitrogens with one attached hydrogen (secondary N) is 2. The Morgan fingerprint density at radius 2 is 2.20 bits per heavy atom. The summed E-state index contributed by atoms with van der Waals surface area (Å²) in [7, 11) is -3.47. The Labute approximate surface area is 121 Å². The number of hydrogen-bond acceptors (Lipinski definition) is 4. The van der Waals surface area contributed by atoms with Crippen molar-refractivity contribution in [1.82, 2.24) is 19.8 Å². The van der Waals surface area contributed by atoms with Crippen LogP contribution in [0.25, 0.3) is 0 Å². The van der Waals surface area contributed by atoms with Crippen molar-refractivity contribution in [2.75, 3.05) is 19.6 Å². The average molecular weight is 300 g/mol. The summed E-state index contributed by atoms with van der Waals surface area (Å²) in [6.45, 7) is 8.51. The Balaban J connectivity index is 2.26. The van der Waals surface area contributed by atoms with Crippen molar-refractivity contribution in [3.05, 3.63) is 11.3 Å². The van der Waals surface area contributed by atoms with E-state index in [4.69, 9.17) is 0 Å². The zero-order chi connectivity index (χ0) is 14.8. The Hall–Kier alpha value is -0.920. The van der Waals surface area contributed by atoms with E-state index in [9.17, 15) is 8.42 Å². The van der Waals surface area contributed by atoms with E-state index in [1.165, 1.54) is 0 Å². The fourth-order valence-corrected chi connectivity index (χ4v) is 4.27. The first-order valence-corrected chi connectivity index (χ1v) is 8.69. The molecule has 0 aliphatic carbocycles. The molecule has 1 aliphatic heterocycles. The van der Waals surface area contributed by atoms with Crippen LogP contribution in [0.1, 0.15) is 37.9 Å². The molecule has 0 spiro atoms. The fourth-order valence-electron chi connectivity index (χ4n) is 2.57. The Bertz CT molecular complexity index is 553. The summed E-state index contributed by atoms with van der Waals surface area (Å²) in [5.74, 6) is 0.474. The van der Waals surface area contributed by atoms with Crippen molar-refractivity contribution in [3.63, 3.8) is 0 Å². The highest BCUT2D eigenvalue weighted by atomic mass is 32.2. The quantitative estimate of drug-likeness (QED) is 0.829. The molecular weight excluding hydrogens is 276 g/mol. The average Bonchev–Trinajstić information content (AvgIpc) is 3.03. The highest BCUT2D eigenvalue weighted by Crippen LogP contribution is 2.27. The minimum Gasteiger partial charge on any atom is -0.313 e. The van der Waals surface area contributed by atoms with E-state index >= 15 is 0 Å². The van der Waals surface area contributed by atoms with Gasteiger partial charge in [-0.3, -0.25) is 5.10 Å². The Morgan fingerprint density at radius 1 is 1.45 bits per heavy atom.